The molecule has 1 N–H and O–H groups in total. The molecule has 1 saturated heterocycles. The average Bonchev–Trinajstić information content (AvgIpc) is 3.06. The fourth-order valence-electron chi connectivity index (χ4n) is 2.49. The number of carbonyl (C=O) groups is 1. The van der Waals surface area contributed by atoms with Gasteiger partial charge in [0.2, 0.25) is 0 Å². The van der Waals surface area contributed by atoms with E-state index in [1.54, 1.807) is 44.6 Å². The van der Waals surface area contributed by atoms with Crippen LogP contribution in [0.25, 0.3) is 6.08 Å². The van der Waals surface area contributed by atoms with Gasteiger partial charge in [0.05, 0.1) is 19.1 Å². The topological polar surface area (TPSA) is 69.2 Å². The third-order valence-electron chi connectivity index (χ3n) is 3.82. The minimum atomic E-state index is -0.213. The molecule has 3 rings (SSSR count). The summed E-state index contributed by atoms with van der Waals surface area (Å²) in [6.07, 6.45) is 3.46. The average molecular weight is 396 g/mol. The van der Waals surface area contributed by atoms with Crippen molar-refractivity contribution in [2.45, 2.75) is 0 Å². The molecule has 7 heteroatoms. The summed E-state index contributed by atoms with van der Waals surface area (Å²) in [6.45, 7) is 4.05. The highest BCUT2D eigenvalue weighted by Gasteiger charge is 2.24. The van der Waals surface area contributed by atoms with Gasteiger partial charge in [-0.05, 0) is 36.0 Å². The molecule has 1 amide bonds. The van der Waals surface area contributed by atoms with E-state index in [0.29, 0.717) is 39.6 Å². The molecule has 0 aromatic heterocycles. The van der Waals surface area contributed by atoms with E-state index in [-0.39, 0.29) is 5.91 Å². The number of nitrogens with zero attached hydrogens (tertiary/aromatic N) is 1. The number of rotatable bonds is 7. The molecule has 28 heavy (non-hydrogen) atoms. The first kappa shape index (κ1) is 19.6. The molecule has 1 fully saturated rings. The number of amides is 1. The lowest BCUT2D eigenvalue weighted by molar-refractivity contribution is -0.115. The van der Waals surface area contributed by atoms with Gasteiger partial charge < -0.3 is 19.5 Å². The Morgan fingerprint density at radius 1 is 1.14 bits per heavy atom. The van der Waals surface area contributed by atoms with Crippen LogP contribution in [0.1, 0.15) is 5.56 Å². The number of para-hydroxylation sites is 1. The van der Waals surface area contributed by atoms with Gasteiger partial charge >= 0.3 is 0 Å². The molecule has 0 bridgehead atoms. The lowest BCUT2D eigenvalue weighted by Crippen LogP contribution is -2.19. The van der Waals surface area contributed by atoms with E-state index in [1.807, 2.05) is 24.3 Å². The molecule has 2 aromatic rings. The monoisotopic (exact) mass is 396 g/mol. The summed E-state index contributed by atoms with van der Waals surface area (Å²) in [5.41, 5.74) is 1.41. The molecule has 0 unspecified atom stereocenters. The van der Waals surface area contributed by atoms with Gasteiger partial charge in [-0.3, -0.25) is 4.79 Å². The second-order valence-corrected chi connectivity index (χ2v) is 6.69. The Hall–Kier alpha value is -3.19. The normalized spacial score (nSPS) is 16.1. The standard InChI is InChI=1S/C21H20N2O4S/c1-4-11-27-17-8-6-5-7-14(17)12-19-20(24)23-21(28-19)22-16-10-9-15(25-2)13-18(16)26-3/h4-10,12-13H,1,11H2,2-3H3,(H,22,23,24)/b19-12-. The maximum Gasteiger partial charge on any atom is 0.264 e. The van der Waals surface area contributed by atoms with Gasteiger partial charge in [-0.25, -0.2) is 4.99 Å². The Labute approximate surface area is 167 Å². The van der Waals surface area contributed by atoms with Gasteiger partial charge in [-0.2, -0.15) is 0 Å². The van der Waals surface area contributed by atoms with E-state index in [0.717, 1.165) is 5.56 Å². The summed E-state index contributed by atoms with van der Waals surface area (Å²) >= 11 is 1.26. The van der Waals surface area contributed by atoms with Crippen LogP contribution in [-0.4, -0.2) is 31.9 Å². The first-order chi connectivity index (χ1) is 13.6. The fraction of sp³-hybridized carbons (Fsp3) is 0.143. The summed E-state index contributed by atoms with van der Waals surface area (Å²) in [5, 5.41) is 3.25. The van der Waals surface area contributed by atoms with Crippen molar-refractivity contribution in [3.8, 4) is 17.2 Å². The van der Waals surface area contributed by atoms with Gasteiger partial charge in [-0.15, -0.1) is 0 Å². The van der Waals surface area contributed by atoms with Gasteiger partial charge in [0.1, 0.15) is 29.5 Å². The number of carbonyl (C=O) groups excluding carboxylic acids is 1. The minimum Gasteiger partial charge on any atom is -0.497 e. The summed E-state index contributed by atoms with van der Waals surface area (Å²) in [4.78, 5) is 17.4. The van der Waals surface area contributed by atoms with E-state index in [1.165, 1.54) is 11.8 Å². The van der Waals surface area contributed by atoms with Crippen molar-refractivity contribution in [2.24, 2.45) is 4.99 Å². The molecule has 1 heterocycles. The number of benzene rings is 2. The molecule has 0 saturated carbocycles. The van der Waals surface area contributed by atoms with E-state index >= 15 is 0 Å². The van der Waals surface area contributed by atoms with Crippen LogP contribution in [0.15, 0.2) is 65.0 Å². The highest BCUT2D eigenvalue weighted by Crippen LogP contribution is 2.35. The lowest BCUT2D eigenvalue weighted by atomic mass is 10.2. The molecule has 2 aromatic carbocycles. The Balaban J connectivity index is 1.85. The van der Waals surface area contributed by atoms with Crippen LogP contribution in [0.4, 0.5) is 5.69 Å². The molecule has 0 atom stereocenters. The van der Waals surface area contributed by atoms with Crippen LogP contribution in [-0.2, 0) is 4.79 Å². The lowest BCUT2D eigenvalue weighted by Gasteiger charge is -2.07. The number of amidine groups is 1. The van der Waals surface area contributed by atoms with E-state index < -0.39 is 0 Å². The van der Waals surface area contributed by atoms with Gasteiger partial charge in [-0.1, -0.05) is 30.9 Å². The number of methoxy groups -OCH3 is 2. The van der Waals surface area contributed by atoms with Crippen molar-refractivity contribution in [2.75, 3.05) is 20.8 Å². The number of thioether (sulfide) groups is 1. The molecule has 144 valence electrons. The molecule has 6 nitrogen and oxygen atoms in total. The van der Waals surface area contributed by atoms with Crippen molar-refractivity contribution >= 4 is 34.6 Å². The molecular formula is C21H20N2O4S. The predicted molar refractivity (Wildman–Crippen MR) is 112 cm³/mol. The SMILES string of the molecule is C=CCOc1ccccc1/C=C1\SC(=Nc2ccc(OC)cc2OC)NC1=O. The second kappa shape index (κ2) is 9.14. The third kappa shape index (κ3) is 4.55. The van der Waals surface area contributed by atoms with Crippen molar-refractivity contribution < 1.29 is 19.0 Å². The zero-order valence-electron chi connectivity index (χ0n) is 15.6. The zero-order chi connectivity index (χ0) is 19.9. The highest BCUT2D eigenvalue weighted by molar-refractivity contribution is 8.18. The smallest absolute Gasteiger partial charge is 0.264 e. The van der Waals surface area contributed by atoms with Crippen LogP contribution < -0.4 is 19.5 Å². The molecular weight excluding hydrogens is 376 g/mol. The second-order valence-electron chi connectivity index (χ2n) is 5.66. The van der Waals surface area contributed by atoms with Crippen LogP contribution in [0, 0.1) is 0 Å². The Morgan fingerprint density at radius 2 is 1.96 bits per heavy atom. The fourth-order valence-corrected chi connectivity index (χ4v) is 3.31. The Kier molecular flexibility index (Phi) is 6.39. The van der Waals surface area contributed by atoms with Gasteiger partial charge in [0.25, 0.3) is 5.91 Å². The predicted octanol–water partition coefficient (Wildman–Crippen LogP) is 4.16. The van der Waals surface area contributed by atoms with Crippen molar-refractivity contribution in [3.05, 3.63) is 65.6 Å². The van der Waals surface area contributed by atoms with E-state index in [4.69, 9.17) is 14.2 Å². The quantitative estimate of drug-likeness (QED) is 0.562. The number of aliphatic imine (C=N–C) groups is 1. The highest BCUT2D eigenvalue weighted by atomic mass is 32.2. The number of nitrogens with one attached hydrogen (secondary N) is 1. The Bertz CT molecular complexity index is 953. The summed E-state index contributed by atoms with van der Waals surface area (Å²) in [7, 11) is 3.14. The van der Waals surface area contributed by atoms with Crippen molar-refractivity contribution in [1.29, 1.82) is 0 Å². The van der Waals surface area contributed by atoms with Crippen molar-refractivity contribution in [3.63, 3.8) is 0 Å². The third-order valence-corrected chi connectivity index (χ3v) is 4.73. The number of hydrogen-bond acceptors (Lipinski definition) is 6. The first-order valence-corrected chi connectivity index (χ1v) is 9.30. The number of ether oxygens (including phenoxy) is 3. The summed E-state index contributed by atoms with van der Waals surface area (Å²) < 4.78 is 16.2. The van der Waals surface area contributed by atoms with Crippen molar-refractivity contribution in [1.82, 2.24) is 5.32 Å². The first-order valence-electron chi connectivity index (χ1n) is 8.49. The van der Waals surface area contributed by atoms with Gasteiger partial charge in [0.15, 0.2) is 5.17 Å². The van der Waals surface area contributed by atoms with Crippen LogP contribution in [0.3, 0.4) is 0 Å². The largest absolute Gasteiger partial charge is 0.497 e. The molecule has 1 aliphatic rings. The van der Waals surface area contributed by atoms with Gasteiger partial charge in [0, 0.05) is 11.6 Å². The van der Waals surface area contributed by atoms with E-state index in [9.17, 15) is 4.79 Å². The maximum absolute atomic E-state index is 12.4. The minimum absolute atomic E-state index is 0.213. The number of hydrogen-bond donors (Lipinski definition) is 1. The molecule has 0 spiro atoms. The maximum atomic E-state index is 12.4. The zero-order valence-corrected chi connectivity index (χ0v) is 16.4. The van der Waals surface area contributed by atoms with Crippen LogP contribution in [0.5, 0.6) is 17.2 Å². The summed E-state index contributed by atoms with van der Waals surface area (Å²) in [5.74, 6) is 1.70. The molecule has 0 aliphatic carbocycles. The van der Waals surface area contributed by atoms with E-state index in [2.05, 4.69) is 16.9 Å². The van der Waals surface area contributed by atoms with Crippen LogP contribution >= 0.6 is 11.8 Å². The molecule has 0 radical (unpaired) electrons. The molecule has 1 aliphatic heterocycles. The van der Waals surface area contributed by atoms with Crippen LogP contribution in [0.2, 0.25) is 0 Å². The Morgan fingerprint density at radius 3 is 2.71 bits per heavy atom. The summed E-state index contributed by atoms with van der Waals surface area (Å²) in [6, 6.07) is 12.8.